The highest BCUT2D eigenvalue weighted by Gasteiger charge is 2.29. The predicted molar refractivity (Wildman–Crippen MR) is 44.6 cm³/mol. The Kier molecular flexibility index (Phi) is 3.08. The quantitative estimate of drug-likeness (QED) is 0.501. The second kappa shape index (κ2) is 4.09. The van der Waals surface area contributed by atoms with Crippen LogP contribution in [0.15, 0.2) is 0 Å². The molecule has 0 aliphatic carbocycles. The molecule has 1 N–H and O–H groups in total. The van der Waals surface area contributed by atoms with Gasteiger partial charge in [-0.3, -0.25) is 9.69 Å². The number of rotatable bonds is 3. The van der Waals surface area contributed by atoms with E-state index in [0.29, 0.717) is 19.5 Å². The molecular weight excluding hydrogens is 156 g/mol. The summed E-state index contributed by atoms with van der Waals surface area (Å²) < 4.78 is 0. The summed E-state index contributed by atoms with van der Waals surface area (Å²) in [4.78, 5) is 23.1. The molecule has 0 spiro atoms. The van der Waals surface area contributed by atoms with Crippen LogP contribution in [-0.2, 0) is 4.79 Å². The number of nitrogens with zero attached hydrogens (tertiary/aromatic N) is 1. The van der Waals surface area contributed by atoms with Crippen LogP contribution in [0.1, 0.15) is 26.2 Å². The summed E-state index contributed by atoms with van der Waals surface area (Å²) >= 11 is 0. The highest BCUT2D eigenvalue weighted by atomic mass is 16.2. The molecule has 0 aromatic carbocycles. The number of unbranched alkanes of at least 4 members (excludes halogenated alkanes) is 1. The maximum atomic E-state index is 11.1. The van der Waals surface area contributed by atoms with Gasteiger partial charge in [0.25, 0.3) is 0 Å². The average molecular weight is 170 g/mol. The van der Waals surface area contributed by atoms with E-state index < -0.39 is 0 Å². The van der Waals surface area contributed by atoms with Crippen molar-refractivity contribution in [2.24, 2.45) is 0 Å². The minimum absolute atomic E-state index is 0.0657. The molecule has 1 saturated heterocycles. The first-order valence-corrected chi connectivity index (χ1v) is 4.34. The fourth-order valence-corrected chi connectivity index (χ4v) is 0.997. The standard InChI is InChI=1S/C8H14N2O2/c1-2-3-5-9-8(12)10-6-4-7(10)11/h2-6H2,1H3,(H,9,12). The molecule has 0 radical (unpaired) electrons. The van der Waals surface area contributed by atoms with Crippen LogP contribution in [0.5, 0.6) is 0 Å². The van der Waals surface area contributed by atoms with E-state index in [1.807, 2.05) is 0 Å². The first-order chi connectivity index (χ1) is 5.75. The van der Waals surface area contributed by atoms with Gasteiger partial charge in [-0.1, -0.05) is 13.3 Å². The Morgan fingerprint density at radius 3 is 2.83 bits per heavy atom. The van der Waals surface area contributed by atoms with Gasteiger partial charge in [-0.2, -0.15) is 0 Å². The molecule has 0 aromatic heterocycles. The van der Waals surface area contributed by atoms with Crippen molar-refractivity contribution in [1.29, 1.82) is 0 Å². The number of hydrogen-bond donors (Lipinski definition) is 1. The zero-order valence-electron chi connectivity index (χ0n) is 7.30. The molecule has 0 saturated carbocycles. The van der Waals surface area contributed by atoms with Gasteiger partial charge in [0.15, 0.2) is 0 Å². The number of amides is 3. The van der Waals surface area contributed by atoms with Crippen LogP contribution in [0.3, 0.4) is 0 Å². The largest absolute Gasteiger partial charge is 0.338 e. The van der Waals surface area contributed by atoms with Gasteiger partial charge in [-0.25, -0.2) is 4.79 Å². The monoisotopic (exact) mass is 170 g/mol. The number of nitrogens with one attached hydrogen (secondary N) is 1. The maximum Gasteiger partial charge on any atom is 0.324 e. The van der Waals surface area contributed by atoms with Gasteiger partial charge >= 0.3 is 6.03 Å². The molecule has 1 fully saturated rings. The van der Waals surface area contributed by atoms with Crippen molar-refractivity contribution in [1.82, 2.24) is 10.2 Å². The number of likely N-dealkylation sites (tertiary alicyclic amines) is 1. The van der Waals surface area contributed by atoms with Crippen LogP contribution in [0.25, 0.3) is 0 Å². The van der Waals surface area contributed by atoms with E-state index in [1.54, 1.807) is 0 Å². The number of carbonyl (C=O) groups excluding carboxylic acids is 2. The summed E-state index contributed by atoms with van der Waals surface area (Å²) in [5.74, 6) is -0.0657. The second-order valence-electron chi connectivity index (χ2n) is 2.88. The predicted octanol–water partition coefficient (Wildman–Crippen LogP) is 0.728. The Morgan fingerprint density at radius 1 is 1.67 bits per heavy atom. The van der Waals surface area contributed by atoms with Crippen molar-refractivity contribution in [3.63, 3.8) is 0 Å². The zero-order chi connectivity index (χ0) is 8.97. The molecule has 0 unspecified atom stereocenters. The van der Waals surface area contributed by atoms with E-state index in [-0.39, 0.29) is 11.9 Å². The van der Waals surface area contributed by atoms with Crippen LogP contribution in [-0.4, -0.2) is 29.9 Å². The summed E-state index contributed by atoms with van der Waals surface area (Å²) in [7, 11) is 0. The normalized spacial score (nSPS) is 15.8. The molecule has 12 heavy (non-hydrogen) atoms. The molecule has 3 amide bonds. The van der Waals surface area contributed by atoms with E-state index >= 15 is 0 Å². The van der Waals surface area contributed by atoms with Gasteiger partial charge < -0.3 is 5.32 Å². The molecule has 4 heteroatoms. The average Bonchev–Trinajstić information content (AvgIpc) is 2.02. The smallest absolute Gasteiger partial charge is 0.324 e. The number of imide groups is 1. The number of carbonyl (C=O) groups is 2. The second-order valence-corrected chi connectivity index (χ2v) is 2.88. The summed E-state index contributed by atoms with van der Waals surface area (Å²) in [6, 6.07) is -0.236. The van der Waals surface area contributed by atoms with Crippen LogP contribution >= 0.6 is 0 Å². The van der Waals surface area contributed by atoms with Crippen molar-refractivity contribution in [3.05, 3.63) is 0 Å². The Hall–Kier alpha value is -1.06. The topological polar surface area (TPSA) is 49.4 Å². The fraction of sp³-hybridized carbons (Fsp3) is 0.750. The third-order valence-electron chi connectivity index (χ3n) is 1.90. The fourth-order valence-electron chi connectivity index (χ4n) is 0.997. The van der Waals surface area contributed by atoms with E-state index in [0.717, 1.165) is 12.8 Å². The number of hydrogen-bond acceptors (Lipinski definition) is 2. The molecule has 4 nitrogen and oxygen atoms in total. The Balaban J connectivity index is 2.15. The van der Waals surface area contributed by atoms with Gasteiger partial charge in [-0.05, 0) is 6.42 Å². The van der Waals surface area contributed by atoms with Gasteiger partial charge in [0.1, 0.15) is 0 Å². The first kappa shape index (κ1) is 9.03. The molecule has 0 aromatic rings. The van der Waals surface area contributed by atoms with E-state index in [2.05, 4.69) is 12.2 Å². The summed E-state index contributed by atoms with van der Waals surface area (Å²) in [6.45, 7) is 3.30. The molecule has 1 aliphatic rings. The van der Waals surface area contributed by atoms with Gasteiger partial charge in [0, 0.05) is 19.5 Å². The van der Waals surface area contributed by atoms with Crippen molar-refractivity contribution < 1.29 is 9.59 Å². The summed E-state index contributed by atoms with van der Waals surface area (Å²) in [5.41, 5.74) is 0. The highest BCUT2D eigenvalue weighted by molar-refractivity contribution is 5.98. The molecule has 1 aliphatic heterocycles. The maximum absolute atomic E-state index is 11.1. The van der Waals surface area contributed by atoms with Gasteiger partial charge in [0.2, 0.25) is 5.91 Å². The highest BCUT2D eigenvalue weighted by Crippen LogP contribution is 2.07. The van der Waals surface area contributed by atoms with Crippen molar-refractivity contribution in [3.8, 4) is 0 Å². The third-order valence-corrected chi connectivity index (χ3v) is 1.90. The third kappa shape index (κ3) is 1.96. The lowest BCUT2D eigenvalue weighted by Gasteiger charge is -2.28. The van der Waals surface area contributed by atoms with Crippen LogP contribution in [0.2, 0.25) is 0 Å². The lowest BCUT2D eigenvalue weighted by atomic mass is 10.2. The van der Waals surface area contributed by atoms with Crippen LogP contribution in [0, 0.1) is 0 Å². The molecule has 68 valence electrons. The van der Waals surface area contributed by atoms with E-state index in [1.165, 1.54) is 4.90 Å². The lowest BCUT2D eigenvalue weighted by molar-refractivity contribution is -0.135. The minimum atomic E-state index is -0.236. The molecule has 0 atom stereocenters. The van der Waals surface area contributed by atoms with Gasteiger partial charge in [0.05, 0.1) is 0 Å². The van der Waals surface area contributed by atoms with Crippen molar-refractivity contribution in [2.75, 3.05) is 13.1 Å². The molecular formula is C8H14N2O2. The summed E-state index contributed by atoms with van der Waals surface area (Å²) in [5, 5.41) is 2.68. The molecule has 1 heterocycles. The van der Waals surface area contributed by atoms with E-state index in [4.69, 9.17) is 0 Å². The number of β-lactam (4-membered cyclic amide) rings is 1. The summed E-state index contributed by atoms with van der Waals surface area (Å²) in [6.07, 6.45) is 2.53. The Bertz CT molecular complexity index is 191. The molecule has 1 rings (SSSR count). The van der Waals surface area contributed by atoms with Crippen molar-refractivity contribution in [2.45, 2.75) is 26.2 Å². The van der Waals surface area contributed by atoms with Crippen LogP contribution in [0.4, 0.5) is 4.79 Å². The molecule has 0 bridgehead atoms. The van der Waals surface area contributed by atoms with Gasteiger partial charge in [-0.15, -0.1) is 0 Å². The Morgan fingerprint density at radius 2 is 2.42 bits per heavy atom. The van der Waals surface area contributed by atoms with Crippen LogP contribution < -0.4 is 5.32 Å². The lowest BCUT2D eigenvalue weighted by Crippen LogP contribution is -2.52. The SMILES string of the molecule is CCCCNC(=O)N1CCC1=O. The Labute approximate surface area is 71.9 Å². The number of urea groups is 1. The minimum Gasteiger partial charge on any atom is -0.338 e. The first-order valence-electron chi connectivity index (χ1n) is 4.34. The zero-order valence-corrected chi connectivity index (χ0v) is 7.30. The van der Waals surface area contributed by atoms with Crippen molar-refractivity contribution >= 4 is 11.9 Å². The van der Waals surface area contributed by atoms with E-state index in [9.17, 15) is 9.59 Å².